The van der Waals surface area contributed by atoms with Crippen LogP contribution in [-0.4, -0.2) is 12.0 Å². The van der Waals surface area contributed by atoms with E-state index in [4.69, 9.17) is 0 Å². The Hall–Kier alpha value is -1.36. The summed E-state index contributed by atoms with van der Waals surface area (Å²) in [4.78, 5) is 14.8. The molecule has 0 saturated heterocycles. The van der Waals surface area contributed by atoms with Crippen LogP contribution in [0.5, 0.6) is 0 Å². The molecule has 0 bridgehead atoms. The maximum absolute atomic E-state index is 10.8. The Morgan fingerprint density at radius 2 is 2.27 bits per heavy atom. The average Bonchev–Trinajstić information content (AvgIpc) is 1.84. The van der Waals surface area contributed by atoms with Crippen LogP contribution in [-0.2, 0) is 4.79 Å². The van der Waals surface area contributed by atoms with Gasteiger partial charge in [-0.1, -0.05) is 11.8 Å². The highest BCUT2D eigenvalue weighted by atomic mass is 16.1. The fourth-order valence-electron chi connectivity index (χ4n) is 0.769. The van der Waals surface area contributed by atoms with E-state index < -0.39 is 0 Å². The van der Waals surface area contributed by atoms with Crippen molar-refractivity contribution >= 4 is 12.0 Å². The second-order valence-electron chi connectivity index (χ2n) is 2.22. The molecule has 0 aromatic carbocycles. The third kappa shape index (κ3) is 2.38. The standard InChI is InChI=1S/C9H9NO/c1-8(11)9-6-4-2-3-5-7-10-9/h6-7H,4-5H2,1H3/b9-6-,10-7-. The molecule has 2 heteroatoms. The second kappa shape index (κ2) is 3.72. The molecule has 1 heterocycles. The third-order valence-electron chi connectivity index (χ3n) is 1.31. The predicted molar refractivity (Wildman–Crippen MR) is 44.3 cm³/mol. The van der Waals surface area contributed by atoms with Crippen LogP contribution in [0.1, 0.15) is 19.8 Å². The minimum Gasteiger partial charge on any atom is -0.293 e. The van der Waals surface area contributed by atoms with Gasteiger partial charge in [0, 0.05) is 26.0 Å². The summed E-state index contributed by atoms with van der Waals surface area (Å²) in [5, 5.41) is 0. The highest BCUT2D eigenvalue weighted by Gasteiger charge is 1.99. The Bertz CT molecular complexity index is 276. The van der Waals surface area contributed by atoms with Gasteiger partial charge in [-0.2, -0.15) is 0 Å². The topological polar surface area (TPSA) is 29.4 Å². The van der Waals surface area contributed by atoms with Crippen LogP contribution < -0.4 is 0 Å². The summed E-state index contributed by atoms with van der Waals surface area (Å²) in [6, 6.07) is 0. The fourth-order valence-corrected chi connectivity index (χ4v) is 0.769. The van der Waals surface area contributed by atoms with Crippen molar-refractivity contribution in [1.29, 1.82) is 0 Å². The minimum absolute atomic E-state index is 0.00458. The van der Waals surface area contributed by atoms with E-state index in [9.17, 15) is 4.79 Å². The zero-order valence-electron chi connectivity index (χ0n) is 6.42. The molecule has 11 heavy (non-hydrogen) atoms. The molecule has 0 unspecified atom stereocenters. The predicted octanol–water partition coefficient (Wildman–Crippen LogP) is 1.33. The van der Waals surface area contributed by atoms with Gasteiger partial charge in [0.25, 0.3) is 0 Å². The Morgan fingerprint density at radius 3 is 3.00 bits per heavy atom. The lowest BCUT2D eigenvalue weighted by molar-refractivity contribution is -0.113. The molecule has 0 amide bonds. The van der Waals surface area contributed by atoms with Gasteiger partial charge < -0.3 is 0 Å². The number of carbonyl (C=O) groups excluding carboxylic acids is 1. The number of hydrogen-bond acceptors (Lipinski definition) is 2. The summed E-state index contributed by atoms with van der Waals surface area (Å²) < 4.78 is 0. The van der Waals surface area contributed by atoms with Crippen molar-refractivity contribution in [3.05, 3.63) is 11.8 Å². The van der Waals surface area contributed by atoms with Crippen molar-refractivity contribution in [2.45, 2.75) is 19.8 Å². The molecule has 0 fully saturated rings. The number of rotatable bonds is 1. The van der Waals surface area contributed by atoms with E-state index in [1.54, 1.807) is 12.3 Å². The van der Waals surface area contributed by atoms with Gasteiger partial charge in [0.15, 0.2) is 5.78 Å². The van der Waals surface area contributed by atoms with Crippen LogP contribution >= 0.6 is 0 Å². The molecule has 2 nitrogen and oxygen atoms in total. The summed E-state index contributed by atoms with van der Waals surface area (Å²) in [6.07, 6.45) is 4.70. The van der Waals surface area contributed by atoms with E-state index in [0.717, 1.165) is 0 Å². The molecule has 0 N–H and O–H groups in total. The highest BCUT2D eigenvalue weighted by molar-refractivity contribution is 5.94. The SMILES string of the molecule is CC(=O)C1=C/CC#CC/C=N\1. The van der Waals surface area contributed by atoms with Gasteiger partial charge in [0.05, 0.1) is 0 Å². The van der Waals surface area contributed by atoms with Crippen molar-refractivity contribution in [3.8, 4) is 11.8 Å². The number of carbonyl (C=O) groups is 1. The molecule has 56 valence electrons. The van der Waals surface area contributed by atoms with Gasteiger partial charge in [0.1, 0.15) is 5.70 Å². The molecule has 0 aliphatic carbocycles. The summed E-state index contributed by atoms with van der Waals surface area (Å²) in [5.74, 6) is 5.80. The van der Waals surface area contributed by atoms with E-state index in [0.29, 0.717) is 18.5 Å². The van der Waals surface area contributed by atoms with Crippen LogP contribution in [0, 0.1) is 11.8 Å². The van der Waals surface area contributed by atoms with Crippen LogP contribution in [0.15, 0.2) is 16.8 Å². The maximum atomic E-state index is 10.8. The molecular formula is C9H9NO. The molecule has 0 aromatic rings. The molecule has 0 aromatic heterocycles. The van der Waals surface area contributed by atoms with Crippen molar-refractivity contribution in [3.63, 3.8) is 0 Å². The molecule has 0 spiro atoms. The van der Waals surface area contributed by atoms with Gasteiger partial charge in [-0.05, 0) is 6.08 Å². The number of aliphatic imine (C=N–C) groups is 1. The van der Waals surface area contributed by atoms with Crippen molar-refractivity contribution in [1.82, 2.24) is 0 Å². The van der Waals surface area contributed by atoms with Crippen LogP contribution in [0.25, 0.3) is 0 Å². The van der Waals surface area contributed by atoms with Crippen molar-refractivity contribution in [2.24, 2.45) is 4.99 Å². The summed E-state index contributed by atoms with van der Waals surface area (Å²) in [6.45, 7) is 1.51. The lowest BCUT2D eigenvalue weighted by Crippen LogP contribution is -1.94. The molecular weight excluding hydrogens is 138 g/mol. The summed E-state index contributed by atoms with van der Waals surface area (Å²) in [7, 11) is 0. The van der Waals surface area contributed by atoms with E-state index in [1.807, 2.05) is 0 Å². The fraction of sp³-hybridized carbons (Fsp3) is 0.333. The van der Waals surface area contributed by atoms with Gasteiger partial charge >= 0.3 is 0 Å². The first-order chi connectivity index (χ1) is 5.30. The summed E-state index contributed by atoms with van der Waals surface area (Å²) >= 11 is 0. The lowest BCUT2D eigenvalue weighted by Gasteiger charge is -1.94. The first-order valence-corrected chi connectivity index (χ1v) is 3.50. The molecule has 1 aliphatic rings. The molecule has 0 saturated carbocycles. The number of hydrogen-bond donors (Lipinski definition) is 0. The van der Waals surface area contributed by atoms with Crippen LogP contribution in [0.2, 0.25) is 0 Å². The minimum atomic E-state index is 0.00458. The quantitative estimate of drug-likeness (QED) is 0.514. The average molecular weight is 147 g/mol. The van der Waals surface area contributed by atoms with Gasteiger partial charge in [-0.25, -0.2) is 0 Å². The second-order valence-corrected chi connectivity index (χ2v) is 2.22. The van der Waals surface area contributed by atoms with Crippen LogP contribution in [0.3, 0.4) is 0 Å². The maximum Gasteiger partial charge on any atom is 0.177 e. The van der Waals surface area contributed by atoms with Crippen molar-refractivity contribution < 1.29 is 4.79 Å². The van der Waals surface area contributed by atoms with Gasteiger partial charge in [-0.15, -0.1) is 0 Å². The van der Waals surface area contributed by atoms with E-state index in [1.165, 1.54) is 6.92 Å². The molecule has 1 rings (SSSR count). The number of nitrogens with zero attached hydrogens (tertiary/aromatic N) is 1. The van der Waals surface area contributed by atoms with Crippen molar-refractivity contribution in [2.75, 3.05) is 0 Å². The zero-order valence-corrected chi connectivity index (χ0v) is 6.42. The highest BCUT2D eigenvalue weighted by Crippen LogP contribution is 2.01. The summed E-state index contributed by atoms with van der Waals surface area (Å²) in [5.41, 5.74) is 0.527. The third-order valence-corrected chi connectivity index (χ3v) is 1.31. The molecule has 1 aliphatic heterocycles. The number of ketones is 1. The Balaban J connectivity index is 2.81. The molecule has 0 radical (unpaired) electrons. The Labute approximate surface area is 66.0 Å². The molecule has 0 atom stereocenters. The smallest absolute Gasteiger partial charge is 0.177 e. The Kier molecular flexibility index (Phi) is 2.62. The van der Waals surface area contributed by atoms with Gasteiger partial charge in [0.2, 0.25) is 0 Å². The monoisotopic (exact) mass is 147 g/mol. The lowest BCUT2D eigenvalue weighted by atomic mass is 10.2. The van der Waals surface area contributed by atoms with E-state index >= 15 is 0 Å². The Morgan fingerprint density at radius 1 is 1.55 bits per heavy atom. The first-order valence-electron chi connectivity index (χ1n) is 3.50. The largest absolute Gasteiger partial charge is 0.293 e. The first kappa shape index (κ1) is 7.74. The van der Waals surface area contributed by atoms with E-state index in [2.05, 4.69) is 16.8 Å². The number of Topliss-reactive ketones (excluding diaryl/α,β-unsaturated/α-hetero) is 1. The van der Waals surface area contributed by atoms with Gasteiger partial charge in [-0.3, -0.25) is 9.79 Å². The number of allylic oxidation sites excluding steroid dienone is 2. The van der Waals surface area contributed by atoms with E-state index in [-0.39, 0.29) is 5.78 Å². The normalized spacial score (nSPS) is 23.2. The zero-order chi connectivity index (χ0) is 8.10. The van der Waals surface area contributed by atoms with Crippen LogP contribution in [0.4, 0.5) is 0 Å².